The largest absolute Gasteiger partial charge is 0.398 e. The van der Waals surface area contributed by atoms with Crippen LogP contribution in [0.3, 0.4) is 0 Å². The molecule has 4 N–H and O–H groups in total. The van der Waals surface area contributed by atoms with Gasteiger partial charge in [0, 0.05) is 12.2 Å². The molecule has 6 heteroatoms. The van der Waals surface area contributed by atoms with Crippen LogP contribution in [0.2, 0.25) is 0 Å². The Morgan fingerprint density at radius 2 is 1.95 bits per heavy atom. The number of sulfonamides is 1. The SMILES string of the molecule is Cc1cc(N)c(C)c(S(=O)(=O)NCC(O)C2CC2)c1C. The van der Waals surface area contributed by atoms with E-state index in [4.69, 9.17) is 5.73 Å². The molecule has 1 aromatic carbocycles. The maximum absolute atomic E-state index is 12.4. The van der Waals surface area contributed by atoms with Crippen molar-refractivity contribution >= 4 is 15.7 Å². The fraction of sp³-hybridized carbons (Fsp3) is 0.571. The van der Waals surface area contributed by atoms with Crippen molar-refractivity contribution in [1.29, 1.82) is 0 Å². The summed E-state index contributed by atoms with van der Waals surface area (Å²) in [4.78, 5) is 0.234. The molecule has 20 heavy (non-hydrogen) atoms. The second-order valence-corrected chi connectivity index (χ2v) is 7.32. The summed E-state index contributed by atoms with van der Waals surface area (Å²) in [6.45, 7) is 5.37. The lowest BCUT2D eigenvalue weighted by atomic mass is 10.1. The zero-order valence-corrected chi connectivity index (χ0v) is 12.9. The zero-order valence-electron chi connectivity index (χ0n) is 12.1. The van der Waals surface area contributed by atoms with Gasteiger partial charge in [-0.15, -0.1) is 0 Å². The maximum atomic E-state index is 12.4. The number of benzene rings is 1. The van der Waals surface area contributed by atoms with Gasteiger partial charge < -0.3 is 10.8 Å². The first-order valence-electron chi connectivity index (χ1n) is 6.78. The van der Waals surface area contributed by atoms with Crippen LogP contribution in [-0.2, 0) is 10.0 Å². The molecule has 1 aliphatic carbocycles. The van der Waals surface area contributed by atoms with Gasteiger partial charge in [-0.1, -0.05) is 0 Å². The van der Waals surface area contributed by atoms with Gasteiger partial charge in [-0.25, -0.2) is 13.1 Å². The summed E-state index contributed by atoms with van der Waals surface area (Å²) in [5.41, 5.74) is 8.43. The third-order valence-electron chi connectivity index (χ3n) is 4.00. The molecule has 5 nitrogen and oxygen atoms in total. The van der Waals surface area contributed by atoms with E-state index in [1.165, 1.54) is 0 Å². The van der Waals surface area contributed by atoms with Gasteiger partial charge in [-0.2, -0.15) is 0 Å². The Bertz CT molecular complexity index is 596. The van der Waals surface area contributed by atoms with Crippen LogP contribution in [0.25, 0.3) is 0 Å². The van der Waals surface area contributed by atoms with Crippen LogP contribution in [0.5, 0.6) is 0 Å². The summed E-state index contributed by atoms with van der Waals surface area (Å²) in [5, 5.41) is 9.80. The summed E-state index contributed by atoms with van der Waals surface area (Å²) >= 11 is 0. The summed E-state index contributed by atoms with van der Waals surface area (Å²) in [6, 6.07) is 1.78. The molecule has 2 rings (SSSR count). The first kappa shape index (κ1) is 15.3. The molecule has 0 amide bonds. The lowest BCUT2D eigenvalue weighted by Crippen LogP contribution is -2.34. The second-order valence-electron chi connectivity index (χ2n) is 5.62. The van der Waals surface area contributed by atoms with Crippen LogP contribution >= 0.6 is 0 Å². The molecule has 0 radical (unpaired) electrons. The Kier molecular flexibility index (Phi) is 4.09. The van der Waals surface area contributed by atoms with Crippen molar-refractivity contribution in [2.45, 2.75) is 44.6 Å². The van der Waals surface area contributed by atoms with E-state index < -0.39 is 16.1 Å². The van der Waals surface area contributed by atoms with Crippen molar-refractivity contribution in [3.63, 3.8) is 0 Å². The van der Waals surface area contributed by atoms with Gasteiger partial charge in [0.15, 0.2) is 0 Å². The van der Waals surface area contributed by atoms with E-state index in [2.05, 4.69) is 4.72 Å². The predicted octanol–water partition coefficient (Wildman–Crippen LogP) is 1.24. The highest BCUT2D eigenvalue weighted by atomic mass is 32.2. The Labute approximate surface area is 120 Å². The number of nitrogens with one attached hydrogen (secondary N) is 1. The molecule has 1 aliphatic rings. The molecule has 0 aromatic heterocycles. The Morgan fingerprint density at radius 3 is 2.50 bits per heavy atom. The average Bonchev–Trinajstić information content (AvgIpc) is 3.18. The van der Waals surface area contributed by atoms with Crippen LogP contribution in [0.15, 0.2) is 11.0 Å². The molecule has 1 atom stereocenters. The van der Waals surface area contributed by atoms with Gasteiger partial charge in [0.1, 0.15) is 0 Å². The smallest absolute Gasteiger partial charge is 0.241 e. The number of aryl methyl sites for hydroxylation is 1. The lowest BCUT2D eigenvalue weighted by molar-refractivity contribution is 0.155. The topological polar surface area (TPSA) is 92.4 Å². The van der Waals surface area contributed by atoms with Gasteiger partial charge in [0.05, 0.1) is 11.0 Å². The standard InChI is InChI=1S/C14H22N2O3S/c1-8-6-12(15)10(3)14(9(8)2)20(18,19)16-7-13(17)11-4-5-11/h6,11,13,16-17H,4-5,7,15H2,1-3H3. The van der Waals surface area contributed by atoms with Gasteiger partial charge in [0.2, 0.25) is 10.0 Å². The minimum absolute atomic E-state index is 0.0553. The predicted molar refractivity (Wildman–Crippen MR) is 79.0 cm³/mol. The molecule has 0 saturated heterocycles. The first-order valence-corrected chi connectivity index (χ1v) is 8.26. The molecule has 1 aromatic rings. The van der Waals surface area contributed by atoms with Crippen molar-refractivity contribution < 1.29 is 13.5 Å². The van der Waals surface area contributed by atoms with E-state index in [0.29, 0.717) is 16.8 Å². The van der Waals surface area contributed by atoms with Gasteiger partial charge in [-0.05, 0) is 62.3 Å². The Morgan fingerprint density at radius 1 is 1.35 bits per heavy atom. The summed E-state index contributed by atoms with van der Waals surface area (Å²) in [7, 11) is -3.66. The fourth-order valence-corrected chi connectivity index (χ4v) is 3.98. The van der Waals surface area contributed by atoms with Crippen molar-refractivity contribution in [3.8, 4) is 0 Å². The van der Waals surface area contributed by atoms with E-state index in [9.17, 15) is 13.5 Å². The molecular weight excluding hydrogens is 276 g/mol. The number of aliphatic hydroxyl groups is 1. The van der Waals surface area contributed by atoms with Crippen LogP contribution in [-0.4, -0.2) is 26.2 Å². The molecule has 1 unspecified atom stereocenters. The number of hydrogen-bond acceptors (Lipinski definition) is 4. The average molecular weight is 298 g/mol. The summed E-state index contributed by atoms with van der Waals surface area (Å²) in [6.07, 6.45) is 1.34. The van der Waals surface area contributed by atoms with Gasteiger partial charge in [-0.3, -0.25) is 0 Å². The molecule has 112 valence electrons. The molecule has 0 aliphatic heterocycles. The lowest BCUT2D eigenvalue weighted by Gasteiger charge is -2.17. The van der Waals surface area contributed by atoms with Crippen LogP contribution < -0.4 is 10.5 Å². The van der Waals surface area contributed by atoms with Crippen LogP contribution in [0.4, 0.5) is 5.69 Å². The normalized spacial score (nSPS) is 17.2. The van der Waals surface area contributed by atoms with E-state index in [1.807, 2.05) is 6.92 Å². The van der Waals surface area contributed by atoms with E-state index in [0.717, 1.165) is 18.4 Å². The van der Waals surface area contributed by atoms with Crippen molar-refractivity contribution in [2.75, 3.05) is 12.3 Å². The van der Waals surface area contributed by atoms with Gasteiger partial charge in [0.25, 0.3) is 0 Å². The second kappa shape index (κ2) is 5.35. The monoisotopic (exact) mass is 298 g/mol. The quantitative estimate of drug-likeness (QED) is 0.713. The molecule has 0 heterocycles. The third-order valence-corrected chi connectivity index (χ3v) is 5.69. The van der Waals surface area contributed by atoms with Gasteiger partial charge >= 0.3 is 0 Å². The highest BCUT2D eigenvalue weighted by Gasteiger charge is 2.31. The van der Waals surface area contributed by atoms with E-state index in [1.54, 1.807) is 19.9 Å². The molecule has 0 bridgehead atoms. The maximum Gasteiger partial charge on any atom is 0.241 e. The number of aliphatic hydroxyl groups excluding tert-OH is 1. The third kappa shape index (κ3) is 2.97. The van der Waals surface area contributed by atoms with E-state index >= 15 is 0 Å². The molecule has 1 saturated carbocycles. The number of hydrogen-bond donors (Lipinski definition) is 3. The van der Waals surface area contributed by atoms with Crippen molar-refractivity contribution in [3.05, 3.63) is 22.8 Å². The number of anilines is 1. The summed E-state index contributed by atoms with van der Waals surface area (Å²) in [5.74, 6) is 0.238. The Balaban J connectivity index is 2.29. The van der Waals surface area contributed by atoms with Crippen molar-refractivity contribution in [1.82, 2.24) is 4.72 Å². The number of nitrogens with two attached hydrogens (primary N) is 1. The summed E-state index contributed by atoms with van der Waals surface area (Å²) < 4.78 is 27.4. The Hall–Kier alpha value is -1.11. The van der Waals surface area contributed by atoms with E-state index in [-0.39, 0.29) is 17.4 Å². The first-order chi connectivity index (χ1) is 9.24. The highest BCUT2D eigenvalue weighted by molar-refractivity contribution is 7.89. The molecule has 1 fully saturated rings. The number of nitrogen functional groups attached to an aromatic ring is 1. The zero-order chi connectivity index (χ0) is 15.1. The molecule has 0 spiro atoms. The minimum Gasteiger partial charge on any atom is -0.398 e. The van der Waals surface area contributed by atoms with Crippen LogP contribution in [0.1, 0.15) is 29.5 Å². The van der Waals surface area contributed by atoms with Crippen LogP contribution in [0, 0.1) is 26.7 Å². The fourth-order valence-electron chi connectivity index (χ4n) is 2.36. The number of rotatable bonds is 5. The molecular formula is C14H22N2O3S. The van der Waals surface area contributed by atoms with Crippen molar-refractivity contribution in [2.24, 2.45) is 5.92 Å². The highest BCUT2D eigenvalue weighted by Crippen LogP contribution is 2.32. The minimum atomic E-state index is -3.66.